The summed E-state index contributed by atoms with van der Waals surface area (Å²) in [6.45, 7) is 0.869. The van der Waals surface area contributed by atoms with Gasteiger partial charge in [0.2, 0.25) is 5.43 Å². The van der Waals surface area contributed by atoms with Gasteiger partial charge in [0.25, 0.3) is 5.91 Å². The van der Waals surface area contributed by atoms with Crippen LogP contribution in [0.2, 0.25) is 0 Å². The molecule has 7 nitrogen and oxygen atoms in total. The van der Waals surface area contributed by atoms with E-state index in [9.17, 15) is 14.0 Å². The summed E-state index contributed by atoms with van der Waals surface area (Å²) in [5, 5.41) is 1.97. The molecule has 0 N–H and O–H groups in total. The molecule has 8 heteroatoms. The van der Waals surface area contributed by atoms with Gasteiger partial charge in [-0.25, -0.2) is 4.39 Å². The molecule has 196 valence electrons. The first-order valence-corrected chi connectivity index (χ1v) is 12.7. The Balaban J connectivity index is 1.55. The maximum Gasteiger partial charge on any atom is 0.278 e. The van der Waals surface area contributed by atoms with Crippen molar-refractivity contribution in [2.24, 2.45) is 0 Å². The molecule has 39 heavy (non-hydrogen) atoms. The molecule has 1 aromatic heterocycles. The number of carbonyl (C=O) groups is 1. The Hall–Kier alpha value is -4.85. The number of ether oxygens (including phenoxy) is 2. The fraction of sp³-hybridized carbons (Fsp3) is 0.161. The Morgan fingerprint density at radius 2 is 1.69 bits per heavy atom. The lowest BCUT2D eigenvalue weighted by Gasteiger charge is -2.44. The van der Waals surface area contributed by atoms with E-state index < -0.39 is 11.9 Å². The zero-order chi connectivity index (χ0) is 26.8. The fourth-order valence-electron chi connectivity index (χ4n) is 5.01. The van der Waals surface area contributed by atoms with Gasteiger partial charge in [-0.05, 0) is 29.3 Å². The fourth-order valence-corrected chi connectivity index (χ4v) is 5.01. The maximum atomic E-state index is 14.4. The number of benzene rings is 3. The van der Waals surface area contributed by atoms with E-state index in [0.29, 0.717) is 12.3 Å². The average Bonchev–Trinajstić information content (AvgIpc) is 2.99. The van der Waals surface area contributed by atoms with Gasteiger partial charge in [-0.15, -0.1) is 0 Å². The molecule has 0 fully saturated rings. The highest BCUT2D eigenvalue weighted by Gasteiger charge is 2.37. The number of amides is 1. The van der Waals surface area contributed by atoms with Gasteiger partial charge in [0.1, 0.15) is 37.5 Å². The van der Waals surface area contributed by atoms with Crippen LogP contribution in [0.1, 0.15) is 33.2 Å². The van der Waals surface area contributed by atoms with Crippen molar-refractivity contribution in [2.75, 3.05) is 24.8 Å². The molecular weight excluding hydrogens is 497 g/mol. The molecule has 4 aromatic rings. The highest BCUT2D eigenvalue weighted by Crippen LogP contribution is 2.37. The quantitative estimate of drug-likeness (QED) is 0.364. The van der Waals surface area contributed by atoms with E-state index in [1.165, 1.54) is 18.2 Å². The van der Waals surface area contributed by atoms with Crippen molar-refractivity contribution in [1.29, 1.82) is 0 Å². The van der Waals surface area contributed by atoms with Crippen molar-refractivity contribution in [2.45, 2.75) is 12.6 Å². The van der Waals surface area contributed by atoms with Crippen LogP contribution in [0, 0.1) is 5.82 Å². The summed E-state index contributed by atoms with van der Waals surface area (Å²) in [5.74, 6) is -0.331. The van der Waals surface area contributed by atoms with Gasteiger partial charge in [0.15, 0.2) is 11.4 Å². The molecule has 0 radical (unpaired) electrons. The second-order valence-electron chi connectivity index (χ2n) is 9.36. The molecule has 3 heterocycles. The minimum Gasteiger partial charge on any atom is -0.489 e. The largest absolute Gasteiger partial charge is 0.489 e. The molecule has 0 aliphatic carbocycles. The molecule has 0 saturated heterocycles. The number of aromatic nitrogens is 1. The van der Waals surface area contributed by atoms with E-state index in [4.69, 9.17) is 9.47 Å². The molecular formula is C31H26FN3O4. The predicted molar refractivity (Wildman–Crippen MR) is 145 cm³/mol. The van der Waals surface area contributed by atoms with E-state index >= 15 is 0 Å². The molecule has 0 spiro atoms. The van der Waals surface area contributed by atoms with Gasteiger partial charge >= 0.3 is 0 Å². The molecule has 1 amide bonds. The molecule has 1 atom stereocenters. The summed E-state index contributed by atoms with van der Waals surface area (Å²) in [6.07, 6.45) is 5.23. The Morgan fingerprint density at radius 3 is 2.49 bits per heavy atom. The van der Waals surface area contributed by atoms with Crippen molar-refractivity contribution in [3.05, 3.63) is 142 Å². The van der Waals surface area contributed by atoms with E-state index in [1.54, 1.807) is 27.9 Å². The van der Waals surface area contributed by atoms with Gasteiger partial charge in [-0.3, -0.25) is 19.3 Å². The Labute approximate surface area is 224 Å². The lowest BCUT2D eigenvalue weighted by Crippen LogP contribution is -2.55. The second-order valence-corrected chi connectivity index (χ2v) is 9.36. The lowest BCUT2D eigenvalue weighted by molar-refractivity contribution is 0.0698. The van der Waals surface area contributed by atoms with Crippen molar-refractivity contribution in [1.82, 2.24) is 9.58 Å². The van der Waals surface area contributed by atoms with E-state index in [0.717, 1.165) is 16.7 Å². The molecule has 2 aliphatic heterocycles. The highest BCUT2D eigenvalue weighted by molar-refractivity contribution is 5.96. The SMILES string of the molecule is O=C1c2c(OCc3ccccc3)c(=O)ccn2N2CN1C/C=C/COc1cc(F)ccc1[C@H]2c1ccccc1. The molecule has 0 saturated carbocycles. The van der Waals surface area contributed by atoms with Gasteiger partial charge < -0.3 is 14.4 Å². The maximum absolute atomic E-state index is 14.4. The normalized spacial score (nSPS) is 17.4. The zero-order valence-electron chi connectivity index (χ0n) is 21.1. The zero-order valence-corrected chi connectivity index (χ0v) is 21.1. The first-order chi connectivity index (χ1) is 19.1. The minimum atomic E-state index is -0.473. The molecule has 2 bridgehead atoms. The highest BCUT2D eigenvalue weighted by atomic mass is 19.1. The molecule has 3 aromatic carbocycles. The number of halogens is 1. The number of pyridine rings is 1. The summed E-state index contributed by atoms with van der Waals surface area (Å²) in [6, 6.07) is 24.6. The number of fused-ring (bicyclic) bond motifs is 5. The Morgan fingerprint density at radius 1 is 0.923 bits per heavy atom. The van der Waals surface area contributed by atoms with Gasteiger partial charge in [0.05, 0.1) is 0 Å². The third kappa shape index (κ3) is 4.77. The smallest absolute Gasteiger partial charge is 0.278 e. The summed E-state index contributed by atoms with van der Waals surface area (Å²) in [5.41, 5.74) is 2.27. The minimum absolute atomic E-state index is 0.0118. The van der Waals surface area contributed by atoms with Gasteiger partial charge in [-0.1, -0.05) is 66.7 Å². The van der Waals surface area contributed by atoms with E-state index in [2.05, 4.69) is 0 Å². The summed E-state index contributed by atoms with van der Waals surface area (Å²) in [4.78, 5) is 28.6. The van der Waals surface area contributed by atoms with Crippen LogP contribution in [0.5, 0.6) is 11.5 Å². The summed E-state index contributed by atoms with van der Waals surface area (Å²) in [7, 11) is 0. The van der Waals surface area contributed by atoms with Crippen LogP contribution in [0.3, 0.4) is 0 Å². The van der Waals surface area contributed by atoms with Crippen LogP contribution in [-0.2, 0) is 6.61 Å². The number of carbonyl (C=O) groups excluding carboxylic acids is 1. The first kappa shape index (κ1) is 24.5. The van der Waals surface area contributed by atoms with Crippen molar-refractivity contribution in [3.8, 4) is 11.5 Å². The number of hydrogen-bond acceptors (Lipinski definition) is 5. The van der Waals surface area contributed by atoms with Crippen LogP contribution in [0.15, 0.2) is 108 Å². The van der Waals surface area contributed by atoms with Crippen LogP contribution in [-0.4, -0.2) is 35.3 Å². The number of rotatable bonds is 4. The van der Waals surface area contributed by atoms with Crippen LogP contribution < -0.4 is 19.9 Å². The summed E-state index contributed by atoms with van der Waals surface area (Å²) >= 11 is 0. The standard InChI is InChI=1S/C31H26FN3O4/c32-24-13-14-25-27(19-24)38-18-8-7-16-33-21-35(28(25)23-11-5-2-6-12-23)34-17-15-26(36)30(29(34)31(33)37)39-20-22-9-3-1-4-10-22/h1-15,17,19,28H,16,18,20-21H2/b8-7+/t28-/m1/s1. The van der Waals surface area contributed by atoms with Crippen molar-refractivity contribution in [3.63, 3.8) is 0 Å². The van der Waals surface area contributed by atoms with E-state index in [1.807, 2.05) is 71.7 Å². The Bertz CT molecular complexity index is 1590. The second kappa shape index (κ2) is 10.5. The average molecular weight is 524 g/mol. The van der Waals surface area contributed by atoms with Gasteiger partial charge in [-0.2, -0.15) is 0 Å². The monoisotopic (exact) mass is 523 g/mol. The van der Waals surface area contributed by atoms with E-state index in [-0.39, 0.29) is 42.7 Å². The first-order valence-electron chi connectivity index (χ1n) is 12.7. The van der Waals surface area contributed by atoms with Crippen LogP contribution in [0.25, 0.3) is 0 Å². The van der Waals surface area contributed by atoms with Crippen molar-refractivity contribution < 1.29 is 18.7 Å². The number of nitrogens with zero attached hydrogens (tertiary/aromatic N) is 3. The Kier molecular flexibility index (Phi) is 6.59. The molecule has 0 unspecified atom stereocenters. The summed E-state index contributed by atoms with van der Waals surface area (Å²) < 4.78 is 28.1. The number of hydrogen-bond donors (Lipinski definition) is 0. The third-order valence-corrected chi connectivity index (χ3v) is 6.85. The molecule has 2 aliphatic rings. The topological polar surface area (TPSA) is 64.0 Å². The predicted octanol–water partition coefficient (Wildman–Crippen LogP) is 4.66. The molecule has 6 rings (SSSR count). The van der Waals surface area contributed by atoms with Gasteiger partial charge in [0, 0.05) is 30.4 Å². The van der Waals surface area contributed by atoms with Crippen LogP contribution in [0.4, 0.5) is 4.39 Å². The van der Waals surface area contributed by atoms with Crippen LogP contribution >= 0.6 is 0 Å². The third-order valence-electron chi connectivity index (χ3n) is 6.85. The lowest BCUT2D eigenvalue weighted by atomic mass is 9.97. The van der Waals surface area contributed by atoms with Crippen molar-refractivity contribution >= 4 is 5.91 Å².